The first-order chi connectivity index (χ1) is 9.02. The molecule has 2 atom stereocenters. The van der Waals surface area contributed by atoms with E-state index in [0.29, 0.717) is 18.8 Å². The molecule has 1 aliphatic rings. The van der Waals surface area contributed by atoms with E-state index in [4.69, 9.17) is 10.5 Å². The number of ether oxygens (including phenoxy) is 1. The molecule has 1 saturated heterocycles. The number of hydrogen-bond acceptors (Lipinski definition) is 3. The predicted molar refractivity (Wildman–Crippen MR) is 77.9 cm³/mol. The van der Waals surface area contributed by atoms with Gasteiger partial charge in [0.25, 0.3) is 5.91 Å². The maximum atomic E-state index is 13.9. The summed E-state index contributed by atoms with van der Waals surface area (Å²) in [6.45, 7) is 3.16. The van der Waals surface area contributed by atoms with Crippen LogP contribution in [0.4, 0.5) is 4.39 Å². The van der Waals surface area contributed by atoms with Gasteiger partial charge in [0, 0.05) is 25.2 Å². The number of halogens is 2. The molecule has 4 nitrogen and oxygen atoms in total. The Morgan fingerprint density at radius 3 is 2.75 bits per heavy atom. The standard InChI is InChI=1S/C14H19FN2O2.ClH/c1-9-8-17(6-5-13(9)16)14(18)11-4-3-10(19-2)7-12(11)15;/h3-4,7,9,13H,5-6,8,16H2,1-2H3;1H. The summed E-state index contributed by atoms with van der Waals surface area (Å²) in [5, 5.41) is 0. The minimum atomic E-state index is -0.549. The first kappa shape index (κ1) is 16.7. The molecule has 2 N–H and O–H groups in total. The van der Waals surface area contributed by atoms with Crippen LogP contribution in [0.15, 0.2) is 18.2 Å². The zero-order chi connectivity index (χ0) is 14.0. The summed E-state index contributed by atoms with van der Waals surface area (Å²) < 4.78 is 18.8. The third kappa shape index (κ3) is 3.41. The van der Waals surface area contributed by atoms with Gasteiger partial charge in [-0.05, 0) is 24.5 Å². The lowest BCUT2D eigenvalue weighted by Crippen LogP contribution is -2.48. The van der Waals surface area contributed by atoms with Crippen molar-refractivity contribution in [3.05, 3.63) is 29.6 Å². The second kappa shape index (κ2) is 6.90. The van der Waals surface area contributed by atoms with Gasteiger partial charge in [-0.1, -0.05) is 6.92 Å². The van der Waals surface area contributed by atoms with E-state index in [9.17, 15) is 9.18 Å². The predicted octanol–water partition coefficient (Wildman–Crippen LogP) is 2.07. The summed E-state index contributed by atoms with van der Waals surface area (Å²) in [4.78, 5) is 13.9. The highest BCUT2D eigenvalue weighted by atomic mass is 35.5. The van der Waals surface area contributed by atoms with Crippen LogP contribution in [0, 0.1) is 11.7 Å². The van der Waals surface area contributed by atoms with Gasteiger partial charge in [-0.15, -0.1) is 12.4 Å². The molecule has 1 aromatic rings. The number of methoxy groups -OCH3 is 1. The fourth-order valence-electron chi connectivity index (χ4n) is 2.31. The molecule has 2 rings (SSSR count). The highest BCUT2D eigenvalue weighted by Gasteiger charge is 2.28. The van der Waals surface area contributed by atoms with Gasteiger partial charge >= 0.3 is 0 Å². The smallest absolute Gasteiger partial charge is 0.256 e. The molecule has 1 aliphatic heterocycles. The van der Waals surface area contributed by atoms with Crippen LogP contribution in [0.25, 0.3) is 0 Å². The van der Waals surface area contributed by atoms with Gasteiger partial charge in [0.1, 0.15) is 11.6 Å². The molecule has 0 saturated carbocycles. The molecule has 0 spiro atoms. The molecule has 20 heavy (non-hydrogen) atoms. The third-order valence-corrected chi connectivity index (χ3v) is 3.67. The fourth-order valence-corrected chi connectivity index (χ4v) is 2.31. The average molecular weight is 303 g/mol. The quantitative estimate of drug-likeness (QED) is 0.910. The number of amides is 1. The highest BCUT2D eigenvalue weighted by molar-refractivity contribution is 5.94. The number of likely N-dealkylation sites (tertiary alicyclic amines) is 1. The highest BCUT2D eigenvalue weighted by Crippen LogP contribution is 2.21. The molecule has 0 bridgehead atoms. The number of hydrogen-bond donors (Lipinski definition) is 1. The lowest BCUT2D eigenvalue weighted by Gasteiger charge is -2.35. The van der Waals surface area contributed by atoms with E-state index >= 15 is 0 Å². The van der Waals surface area contributed by atoms with Gasteiger partial charge in [0.05, 0.1) is 12.7 Å². The number of nitrogens with zero attached hydrogens (tertiary/aromatic N) is 1. The summed E-state index contributed by atoms with van der Waals surface area (Å²) in [5.41, 5.74) is 6.01. The Hall–Kier alpha value is -1.33. The Bertz CT molecular complexity index is 484. The second-order valence-corrected chi connectivity index (χ2v) is 5.03. The van der Waals surface area contributed by atoms with E-state index in [-0.39, 0.29) is 35.8 Å². The Balaban J connectivity index is 0.00000200. The number of nitrogens with two attached hydrogens (primary N) is 1. The molecule has 112 valence electrons. The molecule has 1 aromatic carbocycles. The Morgan fingerprint density at radius 2 is 2.20 bits per heavy atom. The van der Waals surface area contributed by atoms with Crippen molar-refractivity contribution in [1.82, 2.24) is 4.90 Å². The molecule has 1 fully saturated rings. The molecule has 0 radical (unpaired) electrons. The van der Waals surface area contributed by atoms with Gasteiger partial charge < -0.3 is 15.4 Å². The number of carbonyl (C=O) groups is 1. The maximum absolute atomic E-state index is 13.9. The lowest BCUT2D eigenvalue weighted by atomic mass is 9.94. The molecule has 1 heterocycles. The van der Waals surface area contributed by atoms with Gasteiger partial charge in [0.2, 0.25) is 0 Å². The van der Waals surface area contributed by atoms with Gasteiger partial charge in [0.15, 0.2) is 0 Å². The van der Waals surface area contributed by atoms with Crippen molar-refractivity contribution < 1.29 is 13.9 Å². The molecular weight excluding hydrogens is 283 g/mol. The largest absolute Gasteiger partial charge is 0.497 e. The van der Waals surface area contributed by atoms with E-state index in [0.717, 1.165) is 6.42 Å². The van der Waals surface area contributed by atoms with E-state index in [1.54, 1.807) is 11.0 Å². The fraction of sp³-hybridized carbons (Fsp3) is 0.500. The zero-order valence-corrected chi connectivity index (χ0v) is 12.5. The Kier molecular flexibility index (Phi) is 5.77. The number of benzene rings is 1. The van der Waals surface area contributed by atoms with Crippen LogP contribution in [0.3, 0.4) is 0 Å². The van der Waals surface area contributed by atoms with E-state index in [1.807, 2.05) is 6.92 Å². The van der Waals surface area contributed by atoms with Crippen LogP contribution in [-0.2, 0) is 0 Å². The number of carbonyl (C=O) groups excluding carboxylic acids is 1. The number of rotatable bonds is 2. The molecule has 6 heteroatoms. The van der Waals surface area contributed by atoms with E-state index in [1.165, 1.54) is 19.2 Å². The Labute approximate surface area is 124 Å². The first-order valence-corrected chi connectivity index (χ1v) is 6.41. The monoisotopic (exact) mass is 302 g/mol. The third-order valence-electron chi connectivity index (χ3n) is 3.67. The van der Waals surface area contributed by atoms with Crippen LogP contribution in [0.1, 0.15) is 23.7 Å². The summed E-state index contributed by atoms with van der Waals surface area (Å²) in [7, 11) is 1.46. The van der Waals surface area contributed by atoms with Crippen LogP contribution >= 0.6 is 12.4 Å². The van der Waals surface area contributed by atoms with Crippen molar-refractivity contribution in [1.29, 1.82) is 0 Å². The summed E-state index contributed by atoms with van der Waals surface area (Å²) >= 11 is 0. The van der Waals surface area contributed by atoms with Crippen molar-refractivity contribution in [2.24, 2.45) is 11.7 Å². The SMILES string of the molecule is COc1ccc(C(=O)N2CCC(N)C(C)C2)c(F)c1.Cl. The van der Waals surface area contributed by atoms with E-state index < -0.39 is 5.82 Å². The van der Waals surface area contributed by atoms with Crippen LogP contribution in [0.2, 0.25) is 0 Å². The van der Waals surface area contributed by atoms with Crippen LogP contribution < -0.4 is 10.5 Å². The number of piperidine rings is 1. The van der Waals surface area contributed by atoms with Gasteiger partial charge in [-0.25, -0.2) is 4.39 Å². The van der Waals surface area contributed by atoms with Gasteiger partial charge in [-0.3, -0.25) is 4.79 Å². The molecule has 1 amide bonds. The molecular formula is C14H20ClFN2O2. The first-order valence-electron chi connectivity index (χ1n) is 6.41. The minimum absolute atomic E-state index is 0. The molecule has 0 aromatic heterocycles. The average Bonchev–Trinajstić information content (AvgIpc) is 2.41. The Morgan fingerprint density at radius 1 is 1.50 bits per heavy atom. The summed E-state index contributed by atoms with van der Waals surface area (Å²) in [5.74, 6) is -0.187. The van der Waals surface area contributed by atoms with Crippen molar-refractivity contribution in [2.75, 3.05) is 20.2 Å². The molecule has 2 unspecified atom stereocenters. The van der Waals surface area contributed by atoms with Crippen molar-refractivity contribution in [2.45, 2.75) is 19.4 Å². The van der Waals surface area contributed by atoms with Crippen molar-refractivity contribution in [3.63, 3.8) is 0 Å². The van der Waals surface area contributed by atoms with Crippen molar-refractivity contribution >= 4 is 18.3 Å². The normalized spacial score (nSPS) is 22.1. The van der Waals surface area contributed by atoms with Crippen LogP contribution in [-0.4, -0.2) is 37.0 Å². The topological polar surface area (TPSA) is 55.6 Å². The lowest BCUT2D eigenvalue weighted by molar-refractivity contribution is 0.0659. The summed E-state index contributed by atoms with van der Waals surface area (Å²) in [6, 6.07) is 4.40. The van der Waals surface area contributed by atoms with Gasteiger partial charge in [-0.2, -0.15) is 0 Å². The second-order valence-electron chi connectivity index (χ2n) is 5.03. The zero-order valence-electron chi connectivity index (χ0n) is 11.6. The summed E-state index contributed by atoms with van der Waals surface area (Å²) in [6.07, 6.45) is 0.755. The van der Waals surface area contributed by atoms with Crippen molar-refractivity contribution in [3.8, 4) is 5.75 Å². The maximum Gasteiger partial charge on any atom is 0.256 e. The molecule has 0 aliphatic carbocycles. The van der Waals surface area contributed by atoms with E-state index in [2.05, 4.69) is 0 Å². The minimum Gasteiger partial charge on any atom is -0.497 e. The van der Waals surface area contributed by atoms with Crippen LogP contribution in [0.5, 0.6) is 5.75 Å².